The summed E-state index contributed by atoms with van der Waals surface area (Å²) in [7, 11) is 0. The molecule has 3 atom stereocenters. The first-order chi connectivity index (χ1) is 27.8. The van der Waals surface area contributed by atoms with Crippen molar-refractivity contribution >= 4 is 34.7 Å². The Bertz CT molecular complexity index is 2040. The summed E-state index contributed by atoms with van der Waals surface area (Å²) in [6.45, 7) is 16.2. The maximum atomic E-state index is 14.9. The standard InChI is InChI=1S/C45H58N6O7/c1-30(2)25-37(43(54)51(38-14-10-17-46-29-39(38)52)31(3)32-11-9-12-33(26-32)36-13-7-8-18-47-36)48-42(53)41-28-34-27-35(15-16-40(34)57-41)56-24-23-49-19-21-50(22-20-49)44(55)58-45(4,5)6/h7-9,11-13,15-16,18,26-28,30-31,37-38,46H,10,14,17,19-25,29H2,1-6H3,(H,48,53)/t31?,37-,38?/m0/s1. The van der Waals surface area contributed by atoms with Gasteiger partial charge in [-0.2, -0.15) is 0 Å². The zero-order chi connectivity index (χ0) is 41.4. The highest BCUT2D eigenvalue weighted by molar-refractivity contribution is 6.00. The fourth-order valence-corrected chi connectivity index (χ4v) is 7.57. The number of furan rings is 1. The Labute approximate surface area is 341 Å². The van der Waals surface area contributed by atoms with E-state index in [-0.39, 0.29) is 36.0 Å². The number of hydrogen-bond acceptors (Lipinski definition) is 10. The van der Waals surface area contributed by atoms with Gasteiger partial charge in [-0.05, 0) is 107 Å². The SMILES string of the molecule is CC(C)C[C@H](NC(=O)c1cc2cc(OCCN3CCN(C(=O)OC(C)(C)C)CC3)ccc2o1)C(=O)N(C1CCCNCC1=O)C(C)c1cccc(-c2ccccn2)c1. The molecule has 2 unspecified atom stereocenters. The Kier molecular flexibility index (Phi) is 13.9. The van der Waals surface area contributed by atoms with E-state index in [1.807, 2.05) is 90.1 Å². The van der Waals surface area contributed by atoms with Crippen LogP contribution in [-0.4, -0.2) is 113 Å². The molecule has 2 N–H and O–H groups in total. The molecule has 13 heteroatoms. The smallest absolute Gasteiger partial charge is 0.410 e. The number of aromatic nitrogens is 1. The highest BCUT2D eigenvalue weighted by Crippen LogP contribution is 2.31. The van der Waals surface area contributed by atoms with Gasteiger partial charge >= 0.3 is 6.09 Å². The molecule has 6 rings (SSSR count). The maximum Gasteiger partial charge on any atom is 0.410 e. The molecule has 4 aromatic rings. The minimum absolute atomic E-state index is 0.0516. The third-order valence-electron chi connectivity index (χ3n) is 10.6. The average molecular weight is 795 g/mol. The first-order valence-electron chi connectivity index (χ1n) is 20.5. The topological polar surface area (TPSA) is 147 Å². The maximum absolute atomic E-state index is 14.9. The number of carbonyl (C=O) groups excluding carboxylic acids is 4. The lowest BCUT2D eigenvalue weighted by atomic mass is 9.95. The van der Waals surface area contributed by atoms with E-state index in [4.69, 9.17) is 13.9 Å². The van der Waals surface area contributed by atoms with E-state index in [0.717, 1.165) is 36.3 Å². The van der Waals surface area contributed by atoms with E-state index in [1.165, 1.54) is 0 Å². The van der Waals surface area contributed by atoms with Crippen molar-refractivity contribution in [1.29, 1.82) is 0 Å². The molecule has 2 aromatic carbocycles. The number of Topliss-reactive ketones (excluding diaryl/α,β-unsaturated/α-hetero) is 1. The van der Waals surface area contributed by atoms with E-state index in [1.54, 1.807) is 34.2 Å². The second-order valence-electron chi connectivity index (χ2n) is 16.7. The quantitative estimate of drug-likeness (QED) is 0.154. The Morgan fingerprint density at radius 3 is 2.52 bits per heavy atom. The largest absolute Gasteiger partial charge is 0.492 e. The highest BCUT2D eigenvalue weighted by atomic mass is 16.6. The monoisotopic (exact) mass is 794 g/mol. The summed E-state index contributed by atoms with van der Waals surface area (Å²) >= 11 is 0. The minimum Gasteiger partial charge on any atom is -0.492 e. The van der Waals surface area contributed by atoms with Crippen molar-refractivity contribution < 1.29 is 33.1 Å². The predicted octanol–water partition coefficient (Wildman–Crippen LogP) is 6.48. The summed E-state index contributed by atoms with van der Waals surface area (Å²) in [5.41, 5.74) is 2.58. The number of fused-ring (bicyclic) bond motifs is 1. The molecule has 58 heavy (non-hydrogen) atoms. The number of piperazine rings is 1. The van der Waals surface area contributed by atoms with Gasteiger partial charge in [-0.25, -0.2) is 4.79 Å². The molecule has 13 nitrogen and oxygen atoms in total. The molecule has 2 aliphatic rings. The number of nitrogens with zero attached hydrogens (tertiary/aromatic N) is 4. The molecule has 2 aliphatic heterocycles. The Balaban J connectivity index is 1.14. The van der Waals surface area contributed by atoms with Gasteiger partial charge in [-0.1, -0.05) is 38.1 Å². The Morgan fingerprint density at radius 1 is 1.00 bits per heavy atom. The molecule has 310 valence electrons. The van der Waals surface area contributed by atoms with Crippen LogP contribution in [0.4, 0.5) is 4.79 Å². The predicted molar refractivity (Wildman–Crippen MR) is 222 cm³/mol. The van der Waals surface area contributed by atoms with Crippen molar-refractivity contribution in [3.8, 4) is 17.0 Å². The molecule has 0 radical (unpaired) electrons. The zero-order valence-corrected chi connectivity index (χ0v) is 34.7. The van der Waals surface area contributed by atoms with E-state index in [9.17, 15) is 19.2 Å². The number of nitrogens with one attached hydrogen (secondary N) is 2. The zero-order valence-electron chi connectivity index (χ0n) is 34.7. The molecule has 3 amide bonds. The minimum atomic E-state index is -0.906. The number of hydrogen-bond donors (Lipinski definition) is 2. The molecule has 2 aromatic heterocycles. The first kappa shape index (κ1) is 42.3. The van der Waals surface area contributed by atoms with Crippen molar-refractivity contribution in [3.63, 3.8) is 0 Å². The van der Waals surface area contributed by atoms with Crippen LogP contribution in [0.1, 0.15) is 83.0 Å². The van der Waals surface area contributed by atoms with E-state index >= 15 is 0 Å². The van der Waals surface area contributed by atoms with Crippen LogP contribution in [0.15, 0.2) is 77.3 Å². The normalized spacial score (nSPS) is 17.7. The fourth-order valence-electron chi connectivity index (χ4n) is 7.57. The van der Waals surface area contributed by atoms with Crippen molar-refractivity contribution in [3.05, 3.63) is 84.3 Å². The van der Waals surface area contributed by atoms with Crippen LogP contribution >= 0.6 is 0 Å². The number of ketones is 1. The van der Waals surface area contributed by atoms with Crippen LogP contribution < -0.4 is 15.4 Å². The van der Waals surface area contributed by atoms with Gasteiger partial charge in [-0.3, -0.25) is 24.3 Å². The van der Waals surface area contributed by atoms with Gasteiger partial charge in [0.1, 0.15) is 29.6 Å². The van der Waals surface area contributed by atoms with E-state index < -0.39 is 29.6 Å². The van der Waals surface area contributed by atoms with Gasteiger partial charge in [0.25, 0.3) is 5.91 Å². The van der Waals surface area contributed by atoms with Crippen LogP contribution in [0.25, 0.3) is 22.2 Å². The number of benzene rings is 2. The van der Waals surface area contributed by atoms with Gasteiger partial charge in [0.05, 0.1) is 24.3 Å². The molecule has 0 spiro atoms. The molecule has 2 fully saturated rings. The number of pyridine rings is 1. The van der Waals surface area contributed by atoms with Crippen LogP contribution in [-0.2, 0) is 14.3 Å². The second-order valence-corrected chi connectivity index (χ2v) is 16.7. The lowest BCUT2D eigenvalue weighted by Gasteiger charge is -2.38. The first-order valence-corrected chi connectivity index (χ1v) is 20.5. The van der Waals surface area contributed by atoms with Crippen LogP contribution in [0.2, 0.25) is 0 Å². The van der Waals surface area contributed by atoms with Gasteiger partial charge in [0.2, 0.25) is 5.91 Å². The van der Waals surface area contributed by atoms with E-state index in [0.29, 0.717) is 62.3 Å². The summed E-state index contributed by atoms with van der Waals surface area (Å²) in [6, 6.07) is 18.7. The summed E-state index contributed by atoms with van der Waals surface area (Å²) in [6.07, 6.45) is 3.08. The highest BCUT2D eigenvalue weighted by Gasteiger charge is 2.39. The lowest BCUT2D eigenvalue weighted by Crippen LogP contribution is -2.55. The molecule has 4 heterocycles. The molecule has 2 saturated heterocycles. The van der Waals surface area contributed by atoms with E-state index in [2.05, 4.69) is 20.5 Å². The molecular weight excluding hydrogens is 737 g/mol. The van der Waals surface area contributed by atoms with Crippen molar-refractivity contribution in [2.24, 2.45) is 5.92 Å². The molecule has 0 aliphatic carbocycles. The fraction of sp³-hybridized carbons (Fsp3) is 0.489. The van der Waals surface area contributed by atoms with Crippen molar-refractivity contribution in [2.45, 2.75) is 84.5 Å². The Morgan fingerprint density at radius 2 is 1.79 bits per heavy atom. The molecular formula is C45H58N6O7. The third kappa shape index (κ3) is 11.0. The van der Waals surface area contributed by atoms with Gasteiger partial charge in [-0.15, -0.1) is 0 Å². The number of rotatable bonds is 13. The number of amides is 3. The molecule has 0 bridgehead atoms. The van der Waals surface area contributed by atoms with Gasteiger partial charge in [0.15, 0.2) is 11.5 Å². The number of carbonyl (C=O) groups is 4. The summed E-state index contributed by atoms with van der Waals surface area (Å²) < 4.78 is 17.6. The van der Waals surface area contributed by atoms with Crippen LogP contribution in [0.3, 0.4) is 0 Å². The molecule has 0 saturated carbocycles. The summed E-state index contributed by atoms with van der Waals surface area (Å²) in [5, 5.41) is 6.88. The van der Waals surface area contributed by atoms with Gasteiger partial charge < -0.3 is 34.3 Å². The second kappa shape index (κ2) is 19.0. The van der Waals surface area contributed by atoms with Crippen molar-refractivity contribution in [2.75, 3.05) is 52.4 Å². The third-order valence-corrected chi connectivity index (χ3v) is 10.6. The van der Waals surface area contributed by atoms with Gasteiger partial charge in [0, 0.05) is 49.9 Å². The average Bonchev–Trinajstić information content (AvgIpc) is 3.52. The van der Waals surface area contributed by atoms with Crippen LogP contribution in [0, 0.1) is 5.92 Å². The lowest BCUT2D eigenvalue weighted by molar-refractivity contribution is -0.144. The number of ether oxygens (including phenoxy) is 2. The Hall–Kier alpha value is -5.27. The van der Waals surface area contributed by atoms with Crippen LogP contribution in [0.5, 0.6) is 5.75 Å². The summed E-state index contributed by atoms with van der Waals surface area (Å²) in [5.74, 6) is -0.0921. The van der Waals surface area contributed by atoms with Crippen molar-refractivity contribution in [1.82, 2.24) is 30.3 Å². The summed E-state index contributed by atoms with van der Waals surface area (Å²) in [4.78, 5) is 65.0.